The summed E-state index contributed by atoms with van der Waals surface area (Å²) < 4.78 is 1.10. The van der Waals surface area contributed by atoms with E-state index in [9.17, 15) is 9.59 Å². The number of rotatable bonds is 1. The Labute approximate surface area is 112 Å². The number of halogens is 1. The van der Waals surface area contributed by atoms with Crippen LogP contribution in [0.1, 0.15) is 11.3 Å². The predicted octanol–water partition coefficient (Wildman–Crippen LogP) is 1.18. The van der Waals surface area contributed by atoms with Crippen molar-refractivity contribution < 1.29 is 5.21 Å². The third-order valence-electron chi connectivity index (χ3n) is 2.53. The molecule has 2 N–H and O–H groups in total. The fraction of sp³-hybridized carbons (Fsp3) is 0.0833. The Morgan fingerprint density at radius 2 is 1.95 bits per heavy atom. The highest BCUT2D eigenvalue weighted by molar-refractivity contribution is 6.30. The van der Waals surface area contributed by atoms with Gasteiger partial charge in [-0.1, -0.05) is 16.8 Å². The predicted molar refractivity (Wildman–Crippen MR) is 71.2 cm³/mol. The molecule has 0 amide bonds. The molecule has 0 saturated carbocycles. The molecule has 6 nitrogen and oxygen atoms in total. The van der Waals surface area contributed by atoms with Gasteiger partial charge in [0.1, 0.15) is 0 Å². The van der Waals surface area contributed by atoms with Crippen LogP contribution >= 0.6 is 11.6 Å². The number of benzene rings is 1. The Morgan fingerprint density at radius 3 is 2.47 bits per heavy atom. The molecule has 0 spiro atoms. The Bertz CT molecular complexity index is 744. The molecule has 2 aromatic rings. The Morgan fingerprint density at radius 1 is 1.32 bits per heavy atom. The molecule has 0 fully saturated rings. The van der Waals surface area contributed by atoms with Gasteiger partial charge < -0.3 is 5.21 Å². The lowest BCUT2D eigenvalue weighted by Gasteiger charge is -2.10. The zero-order chi connectivity index (χ0) is 14.0. The number of hydrogen-bond acceptors (Lipinski definition) is 4. The molecule has 0 unspecified atom stereocenters. The Kier molecular flexibility index (Phi) is 3.52. The standard InChI is InChI=1S/C12H10ClN3O3/c1-7-6-10(17)14-12(18)16(7)11(15-19)8-2-4-9(13)5-3-8/h2-6,19H,1H3,(H,14,17,18)/b15-11-. The van der Waals surface area contributed by atoms with Crippen molar-refractivity contribution in [3.05, 3.63) is 67.4 Å². The number of oxime groups is 1. The zero-order valence-electron chi connectivity index (χ0n) is 9.92. The average molecular weight is 280 g/mol. The van der Waals surface area contributed by atoms with E-state index in [-0.39, 0.29) is 5.84 Å². The van der Waals surface area contributed by atoms with Crippen LogP contribution in [0, 0.1) is 6.92 Å². The lowest BCUT2D eigenvalue weighted by atomic mass is 10.2. The summed E-state index contributed by atoms with van der Waals surface area (Å²) in [6.07, 6.45) is 0. The van der Waals surface area contributed by atoms with Crippen LogP contribution in [0.3, 0.4) is 0 Å². The first-order chi connectivity index (χ1) is 9.02. The van der Waals surface area contributed by atoms with Gasteiger partial charge in [-0.2, -0.15) is 0 Å². The monoisotopic (exact) mass is 279 g/mol. The molecule has 0 bridgehead atoms. The summed E-state index contributed by atoms with van der Waals surface area (Å²) in [5.41, 5.74) is -0.333. The Hall–Kier alpha value is -2.34. The van der Waals surface area contributed by atoms with Gasteiger partial charge in [0.2, 0.25) is 0 Å². The van der Waals surface area contributed by atoms with E-state index in [1.54, 1.807) is 31.2 Å². The fourth-order valence-electron chi connectivity index (χ4n) is 1.71. The van der Waals surface area contributed by atoms with Crippen LogP contribution in [0.2, 0.25) is 5.02 Å². The molecule has 19 heavy (non-hydrogen) atoms. The van der Waals surface area contributed by atoms with Crippen molar-refractivity contribution in [1.29, 1.82) is 0 Å². The maximum atomic E-state index is 11.8. The number of nitrogens with zero attached hydrogens (tertiary/aromatic N) is 2. The summed E-state index contributed by atoms with van der Waals surface area (Å²) in [6, 6.07) is 7.66. The SMILES string of the molecule is Cc1cc(=O)[nH]c(=O)n1/C(=N\O)c1ccc(Cl)cc1. The van der Waals surface area contributed by atoms with Crippen molar-refractivity contribution in [2.24, 2.45) is 5.16 Å². The van der Waals surface area contributed by atoms with Crippen LogP contribution in [0.5, 0.6) is 0 Å². The highest BCUT2D eigenvalue weighted by Gasteiger charge is 2.12. The first-order valence-electron chi connectivity index (χ1n) is 5.34. The summed E-state index contributed by atoms with van der Waals surface area (Å²) in [4.78, 5) is 25.1. The van der Waals surface area contributed by atoms with E-state index in [1.807, 2.05) is 0 Å². The van der Waals surface area contributed by atoms with E-state index in [2.05, 4.69) is 10.1 Å². The van der Waals surface area contributed by atoms with Gasteiger partial charge in [0, 0.05) is 22.3 Å². The van der Waals surface area contributed by atoms with Crippen molar-refractivity contribution in [2.45, 2.75) is 6.92 Å². The van der Waals surface area contributed by atoms with Gasteiger partial charge in [0.15, 0.2) is 5.84 Å². The molecule has 98 valence electrons. The third-order valence-corrected chi connectivity index (χ3v) is 2.79. The molecule has 0 radical (unpaired) electrons. The molecule has 0 aliphatic heterocycles. The molecule has 1 aromatic carbocycles. The van der Waals surface area contributed by atoms with Crippen LogP contribution < -0.4 is 11.2 Å². The summed E-state index contributed by atoms with van der Waals surface area (Å²) in [7, 11) is 0. The molecule has 1 aromatic heterocycles. The summed E-state index contributed by atoms with van der Waals surface area (Å²) in [5.74, 6) is 0.00965. The molecule has 0 atom stereocenters. The second kappa shape index (κ2) is 5.11. The highest BCUT2D eigenvalue weighted by Crippen LogP contribution is 2.11. The van der Waals surface area contributed by atoms with Crippen LogP contribution in [0.15, 0.2) is 45.1 Å². The van der Waals surface area contributed by atoms with E-state index in [0.29, 0.717) is 16.3 Å². The van der Waals surface area contributed by atoms with Crippen molar-refractivity contribution in [1.82, 2.24) is 9.55 Å². The van der Waals surface area contributed by atoms with E-state index >= 15 is 0 Å². The van der Waals surface area contributed by atoms with Crippen LogP contribution in [-0.2, 0) is 0 Å². The number of aryl methyl sites for hydroxylation is 1. The first-order valence-corrected chi connectivity index (χ1v) is 5.72. The minimum Gasteiger partial charge on any atom is -0.409 e. The number of nitrogens with one attached hydrogen (secondary N) is 1. The number of hydrogen-bond donors (Lipinski definition) is 2. The minimum atomic E-state index is -0.673. The normalized spacial score (nSPS) is 11.6. The van der Waals surface area contributed by atoms with Crippen molar-refractivity contribution in [3.63, 3.8) is 0 Å². The quantitative estimate of drug-likeness (QED) is 0.356. The van der Waals surface area contributed by atoms with Crippen molar-refractivity contribution in [2.75, 3.05) is 0 Å². The maximum absolute atomic E-state index is 11.8. The maximum Gasteiger partial charge on any atom is 0.334 e. The van der Waals surface area contributed by atoms with E-state index in [0.717, 1.165) is 4.57 Å². The smallest absolute Gasteiger partial charge is 0.334 e. The topological polar surface area (TPSA) is 87.5 Å². The molecular formula is C12H10ClN3O3. The van der Waals surface area contributed by atoms with Gasteiger partial charge in [0.25, 0.3) is 5.56 Å². The number of aromatic amines is 1. The van der Waals surface area contributed by atoms with Gasteiger partial charge in [-0.3, -0.25) is 9.78 Å². The van der Waals surface area contributed by atoms with Gasteiger partial charge in [-0.25, -0.2) is 9.36 Å². The lowest BCUT2D eigenvalue weighted by Crippen LogP contribution is -2.36. The van der Waals surface area contributed by atoms with Gasteiger partial charge >= 0.3 is 5.69 Å². The van der Waals surface area contributed by atoms with E-state index in [4.69, 9.17) is 16.8 Å². The summed E-state index contributed by atoms with van der Waals surface area (Å²) in [6.45, 7) is 1.57. The Balaban J connectivity index is 2.65. The van der Waals surface area contributed by atoms with Crippen molar-refractivity contribution >= 4 is 17.4 Å². The fourth-order valence-corrected chi connectivity index (χ4v) is 1.83. The van der Waals surface area contributed by atoms with Crippen LogP contribution in [-0.4, -0.2) is 20.6 Å². The number of aromatic nitrogens is 2. The zero-order valence-corrected chi connectivity index (χ0v) is 10.7. The largest absolute Gasteiger partial charge is 0.409 e. The molecule has 1 heterocycles. The van der Waals surface area contributed by atoms with Gasteiger partial charge in [-0.15, -0.1) is 0 Å². The summed E-state index contributed by atoms with van der Waals surface area (Å²) in [5, 5.41) is 12.8. The van der Waals surface area contributed by atoms with Crippen molar-refractivity contribution in [3.8, 4) is 0 Å². The second-order valence-electron chi connectivity index (χ2n) is 3.85. The van der Waals surface area contributed by atoms with E-state index < -0.39 is 11.2 Å². The average Bonchev–Trinajstić information content (AvgIpc) is 2.35. The first kappa shape index (κ1) is 13.1. The molecule has 0 aliphatic carbocycles. The third kappa shape index (κ3) is 2.58. The van der Waals surface area contributed by atoms with Gasteiger partial charge in [-0.05, 0) is 31.2 Å². The van der Waals surface area contributed by atoms with Gasteiger partial charge in [0.05, 0.1) is 0 Å². The second-order valence-corrected chi connectivity index (χ2v) is 4.28. The minimum absolute atomic E-state index is 0.00965. The summed E-state index contributed by atoms with van der Waals surface area (Å²) >= 11 is 5.77. The van der Waals surface area contributed by atoms with E-state index in [1.165, 1.54) is 6.07 Å². The molecular weight excluding hydrogens is 270 g/mol. The number of H-pyrrole nitrogens is 1. The molecule has 7 heteroatoms. The molecule has 2 rings (SSSR count). The van der Waals surface area contributed by atoms with Crippen LogP contribution in [0.4, 0.5) is 0 Å². The lowest BCUT2D eigenvalue weighted by molar-refractivity contribution is 0.317. The van der Waals surface area contributed by atoms with Crippen LogP contribution in [0.25, 0.3) is 0 Å². The molecule has 0 aliphatic rings. The highest BCUT2D eigenvalue weighted by atomic mass is 35.5. The molecule has 0 saturated heterocycles.